The number of aromatic nitrogens is 2. The second kappa shape index (κ2) is 5.82. The SMILES string of the molecule is CCC(N)(CC)COc1nc(C)cc(OC)n1. The van der Waals surface area contributed by atoms with E-state index in [0.717, 1.165) is 18.5 Å². The van der Waals surface area contributed by atoms with Gasteiger partial charge in [-0.3, -0.25) is 0 Å². The van der Waals surface area contributed by atoms with Gasteiger partial charge in [-0.05, 0) is 19.8 Å². The Morgan fingerprint density at radius 3 is 2.47 bits per heavy atom. The van der Waals surface area contributed by atoms with E-state index in [0.29, 0.717) is 18.5 Å². The number of nitrogens with two attached hydrogens (primary N) is 1. The average Bonchev–Trinajstić information content (AvgIpc) is 2.35. The highest BCUT2D eigenvalue weighted by Crippen LogP contribution is 2.16. The molecule has 5 heteroatoms. The Balaban J connectivity index is 2.72. The molecule has 1 aromatic heterocycles. The predicted octanol–water partition coefficient (Wildman–Crippen LogP) is 1.69. The summed E-state index contributed by atoms with van der Waals surface area (Å²) in [6.45, 7) is 6.37. The van der Waals surface area contributed by atoms with E-state index in [1.807, 2.05) is 20.8 Å². The third kappa shape index (κ3) is 3.85. The zero-order valence-corrected chi connectivity index (χ0v) is 11.0. The van der Waals surface area contributed by atoms with Crippen molar-refractivity contribution >= 4 is 0 Å². The molecule has 0 atom stereocenters. The average molecular weight is 239 g/mol. The van der Waals surface area contributed by atoms with Crippen molar-refractivity contribution in [2.45, 2.75) is 39.2 Å². The number of aryl methyl sites for hydroxylation is 1. The quantitative estimate of drug-likeness (QED) is 0.818. The van der Waals surface area contributed by atoms with Gasteiger partial charge in [-0.2, -0.15) is 4.98 Å². The molecule has 0 saturated heterocycles. The zero-order chi connectivity index (χ0) is 12.9. The lowest BCUT2D eigenvalue weighted by molar-refractivity contribution is 0.191. The smallest absolute Gasteiger partial charge is 0.319 e. The van der Waals surface area contributed by atoms with Crippen molar-refractivity contribution in [3.05, 3.63) is 11.8 Å². The van der Waals surface area contributed by atoms with E-state index in [1.54, 1.807) is 13.2 Å². The van der Waals surface area contributed by atoms with Crippen molar-refractivity contribution in [2.24, 2.45) is 5.73 Å². The summed E-state index contributed by atoms with van der Waals surface area (Å²) in [6, 6.07) is 2.07. The summed E-state index contributed by atoms with van der Waals surface area (Å²) in [4.78, 5) is 8.30. The zero-order valence-electron chi connectivity index (χ0n) is 11.0. The van der Waals surface area contributed by atoms with Crippen LogP contribution in [0.25, 0.3) is 0 Å². The first-order valence-electron chi connectivity index (χ1n) is 5.84. The topological polar surface area (TPSA) is 70.3 Å². The Labute approximate surface area is 102 Å². The fraction of sp³-hybridized carbons (Fsp3) is 0.667. The first-order valence-corrected chi connectivity index (χ1v) is 5.84. The van der Waals surface area contributed by atoms with E-state index < -0.39 is 0 Å². The van der Waals surface area contributed by atoms with E-state index in [4.69, 9.17) is 15.2 Å². The summed E-state index contributed by atoms with van der Waals surface area (Å²) in [6.07, 6.45) is 1.71. The third-order valence-corrected chi connectivity index (χ3v) is 2.92. The molecular weight excluding hydrogens is 218 g/mol. The number of hydrogen-bond acceptors (Lipinski definition) is 5. The summed E-state index contributed by atoms with van der Waals surface area (Å²) < 4.78 is 10.6. The molecule has 17 heavy (non-hydrogen) atoms. The van der Waals surface area contributed by atoms with Crippen LogP contribution in [-0.2, 0) is 0 Å². The molecular formula is C12H21N3O2. The van der Waals surface area contributed by atoms with Crippen LogP contribution in [0.3, 0.4) is 0 Å². The van der Waals surface area contributed by atoms with E-state index in [9.17, 15) is 0 Å². The summed E-state index contributed by atoms with van der Waals surface area (Å²) in [5, 5.41) is 0. The van der Waals surface area contributed by atoms with E-state index in [1.165, 1.54) is 0 Å². The molecule has 2 N–H and O–H groups in total. The largest absolute Gasteiger partial charge is 0.481 e. The fourth-order valence-electron chi connectivity index (χ4n) is 1.34. The van der Waals surface area contributed by atoms with Crippen molar-refractivity contribution in [1.29, 1.82) is 0 Å². The van der Waals surface area contributed by atoms with Gasteiger partial charge in [-0.25, -0.2) is 4.98 Å². The molecule has 0 aliphatic carbocycles. The lowest BCUT2D eigenvalue weighted by atomic mass is 9.96. The first-order chi connectivity index (χ1) is 8.03. The van der Waals surface area contributed by atoms with Gasteiger partial charge in [-0.15, -0.1) is 0 Å². The maximum Gasteiger partial charge on any atom is 0.319 e. The number of nitrogens with zero attached hydrogens (tertiary/aromatic N) is 2. The van der Waals surface area contributed by atoms with Crippen LogP contribution >= 0.6 is 0 Å². The molecule has 1 aromatic rings. The second-order valence-corrected chi connectivity index (χ2v) is 4.19. The van der Waals surface area contributed by atoms with Crippen LogP contribution in [0.5, 0.6) is 11.9 Å². The number of methoxy groups -OCH3 is 1. The molecule has 0 aliphatic rings. The fourth-order valence-corrected chi connectivity index (χ4v) is 1.34. The number of rotatable bonds is 6. The van der Waals surface area contributed by atoms with Gasteiger partial charge in [0.2, 0.25) is 5.88 Å². The van der Waals surface area contributed by atoms with Crippen molar-refractivity contribution < 1.29 is 9.47 Å². The highest BCUT2D eigenvalue weighted by atomic mass is 16.5. The molecule has 0 fully saturated rings. The maximum atomic E-state index is 6.14. The van der Waals surface area contributed by atoms with Crippen LogP contribution in [-0.4, -0.2) is 29.2 Å². The minimum atomic E-state index is -0.319. The Bertz CT molecular complexity index is 365. The molecule has 0 spiro atoms. The van der Waals surface area contributed by atoms with Crippen LogP contribution in [0.15, 0.2) is 6.07 Å². The molecule has 0 aliphatic heterocycles. The van der Waals surface area contributed by atoms with Crippen molar-refractivity contribution in [1.82, 2.24) is 9.97 Å². The summed E-state index contributed by atoms with van der Waals surface area (Å²) in [7, 11) is 1.57. The van der Waals surface area contributed by atoms with Gasteiger partial charge in [0, 0.05) is 17.3 Å². The number of ether oxygens (including phenoxy) is 2. The van der Waals surface area contributed by atoms with Crippen molar-refractivity contribution in [2.75, 3.05) is 13.7 Å². The minimum absolute atomic E-state index is 0.318. The lowest BCUT2D eigenvalue weighted by Crippen LogP contribution is -2.44. The van der Waals surface area contributed by atoms with Crippen LogP contribution in [0.1, 0.15) is 32.4 Å². The Morgan fingerprint density at radius 1 is 1.29 bits per heavy atom. The van der Waals surface area contributed by atoms with Gasteiger partial charge in [0.1, 0.15) is 6.61 Å². The highest BCUT2D eigenvalue weighted by molar-refractivity contribution is 5.17. The molecule has 96 valence electrons. The molecule has 1 heterocycles. The van der Waals surface area contributed by atoms with Gasteiger partial charge in [0.15, 0.2) is 0 Å². The molecule has 0 saturated carbocycles. The van der Waals surface area contributed by atoms with E-state index in [2.05, 4.69) is 9.97 Å². The summed E-state index contributed by atoms with van der Waals surface area (Å²) in [5.41, 5.74) is 6.63. The van der Waals surface area contributed by atoms with Gasteiger partial charge >= 0.3 is 6.01 Å². The Hall–Kier alpha value is -1.36. The van der Waals surface area contributed by atoms with Crippen LogP contribution in [0, 0.1) is 6.92 Å². The van der Waals surface area contributed by atoms with Gasteiger partial charge in [-0.1, -0.05) is 13.8 Å². The Kier molecular flexibility index (Phi) is 4.69. The van der Waals surface area contributed by atoms with Gasteiger partial charge in [0.05, 0.1) is 7.11 Å². The predicted molar refractivity (Wildman–Crippen MR) is 66.3 cm³/mol. The number of hydrogen-bond donors (Lipinski definition) is 1. The molecule has 0 bridgehead atoms. The molecule has 1 rings (SSSR count). The molecule has 0 aromatic carbocycles. The maximum absolute atomic E-state index is 6.14. The van der Waals surface area contributed by atoms with Crippen LogP contribution in [0.2, 0.25) is 0 Å². The third-order valence-electron chi connectivity index (χ3n) is 2.92. The molecule has 0 radical (unpaired) electrons. The normalized spacial score (nSPS) is 11.4. The van der Waals surface area contributed by atoms with E-state index >= 15 is 0 Å². The Morgan fingerprint density at radius 2 is 1.94 bits per heavy atom. The highest BCUT2D eigenvalue weighted by Gasteiger charge is 2.21. The lowest BCUT2D eigenvalue weighted by Gasteiger charge is -2.25. The monoisotopic (exact) mass is 239 g/mol. The minimum Gasteiger partial charge on any atom is -0.481 e. The summed E-state index contributed by atoms with van der Waals surface area (Å²) in [5.74, 6) is 0.503. The molecule has 0 unspecified atom stereocenters. The molecule has 0 amide bonds. The second-order valence-electron chi connectivity index (χ2n) is 4.19. The van der Waals surface area contributed by atoms with Gasteiger partial charge in [0.25, 0.3) is 0 Å². The van der Waals surface area contributed by atoms with E-state index in [-0.39, 0.29) is 5.54 Å². The van der Waals surface area contributed by atoms with Gasteiger partial charge < -0.3 is 15.2 Å². The summed E-state index contributed by atoms with van der Waals surface area (Å²) >= 11 is 0. The van der Waals surface area contributed by atoms with Crippen molar-refractivity contribution in [3.8, 4) is 11.9 Å². The van der Waals surface area contributed by atoms with Crippen LogP contribution in [0.4, 0.5) is 0 Å². The van der Waals surface area contributed by atoms with Crippen LogP contribution < -0.4 is 15.2 Å². The standard InChI is InChI=1S/C12H21N3O2/c1-5-12(13,6-2)8-17-11-14-9(3)7-10(15-11)16-4/h7H,5-6,8,13H2,1-4H3. The molecule has 5 nitrogen and oxygen atoms in total. The van der Waals surface area contributed by atoms with Crippen molar-refractivity contribution in [3.63, 3.8) is 0 Å². The first kappa shape index (κ1) is 13.7.